The predicted octanol–water partition coefficient (Wildman–Crippen LogP) is 3.20. The zero-order chi connectivity index (χ0) is 15.2. The van der Waals surface area contributed by atoms with Gasteiger partial charge in [-0.05, 0) is 53.6 Å². The molecule has 0 spiro atoms. The van der Waals surface area contributed by atoms with Gasteiger partial charge in [0.1, 0.15) is 0 Å². The topological polar surface area (TPSA) is 41.1 Å². The third-order valence-corrected chi connectivity index (χ3v) is 3.30. The Hall–Kier alpha value is -1.08. The van der Waals surface area contributed by atoms with Gasteiger partial charge in [0.2, 0.25) is 0 Å². The molecule has 112 valence electrons. The number of carbonyl (C=O) groups is 1. The second-order valence-corrected chi connectivity index (χ2v) is 5.01. The number of nitrogens with one attached hydrogen (secondary N) is 2. The molecule has 7 heteroatoms. The number of benzene rings is 1. The van der Waals surface area contributed by atoms with Crippen molar-refractivity contribution in [1.82, 2.24) is 10.6 Å². The van der Waals surface area contributed by atoms with Gasteiger partial charge >= 0.3 is 6.18 Å². The van der Waals surface area contributed by atoms with Gasteiger partial charge in [-0.2, -0.15) is 13.2 Å². The van der Waals surface area contributed by atoms with Crippen molar-refractivity contribution >= 4 is 21.8 Å². The maximum atomic E-state index is 12.6. The summed E-state index contributed by atoms with van der Waals surface area (Å²) in [7, 11) is 0. The number of alkyl halides is 3. The van der Waals surface area contributed by atoms with Gasteiger partial charge in [0.05, 0.1) is 11.1 Å². The Kier molecular flexibility index (Phi) is 6.48. The molecule has 1 amide bonds. The van der Waals surface area contributed by atoms with Crippen molar-refractivity contribution in [3.05, 3.63) is 33.8 Å². The second kappa shape index (κ2) is 7.64. The molecule has 2 N–H and O–H groups in total. The van der Waals surface area contributed by atoms with Crippen LogP contribution in [0.1, 0.15) is 29.3 Å². The van der Waals surface area contributed by atoms with Gasteiger partial charge in [0.25, 0.3) is 5.91 Å². The summed E-state index contributed by atoms with van der Waals surface area (Å²) in [6.07, 6.45) is -3.74. The van der Waals surface area contributed by atoms with Crippen LogP contribution in [0.5, 0.6) is 0 Å². The Morgan fingerprint density at radius 1 is 1.30 bits per heavy atom. The minimum atomic E-state index is -4.46. The smallest absolute Gasteiger partial charge is 0.352 e. The van der Waals surface area contributed by atoms with E-state index in [9.17, 15) is 18.0 Å². The number of hydrogen-bond donors (Lipinski definition) is 2. The molecule has 0 heterocycles. The standard InChI is InChI=1S/C13H16BrF3N2O/c1-2-18-6-3-7-19-12(20)10-8-9(13(15,16)17)4-5-11(10)14/h4-5,8,18H,2-3,6-7H2,1H3,(H,19,20). The van der Waals surface area contributed by atoms with Gasteiger partial charge in [0.15, 0.2) is 0 Å². The van der Waals surface area contributed by atoms with Gasteiger partial charge in [0, 0.05) is 11.0 Å². The lowest BCUT2D eigenvalue weighted by Gasteiger charge is -2.11. The van der Waals surface area contributed by atoms with E-state index in [0.29, 0.717) is 11.0 Å². The fourth-order valence-corrected chi connectivity index (χ4v) is 1.99. The van der Waals surface area contributed by atoms with Crippen molar-refractivity contribution in [1.29, 1.82) is 0 Å². The Balaban J connectivity index is 2.67. The summed E-state index contributed by atoms with van der Waals surface area (Å²) in [6.45, 7) is 3.97. The molecular formula is C13H16BrF3N2O. The van der Waals surface area contributed by atoms with Crippen LogP contribution >= 0.6 is 15.9 Å². The van der Waals surface area contributed by atoms with Crippen LogP contribution in [-0.2, 0) is 6.18 Å². The number of amides is 1. The average Bonchev–Trinajstić information content (AvgIpc) is 2.37. The molecule has 0 unspecified atom stereocenters. The molecule has 0 aromatic heterocycles. The molecule has 0 aliphatic rings. The van der Waals surface area contributed by atoms with E-state index in [1.54, 1.807) is 0 Å². The summed E-state index contributed by atoms with van der Waals surface area (Å²) in [6, 6.07) is 3.02. The van der Waals surface area contributed by atoms with Crippen LogP contribution in [0, 0.1) is 0 Å². The summed E-state index contributed by atoms with van der Waals surface area (Å²) in [4.78, 5) is 11.8. The molecule has 1 aromatic rings. The molecule has 1 aromatic carbocycles. The summed E-state index contributed by atoms with van der Waals surface area (Å²) < 4.78 is 38.1. The zero-order valence-corrected chi connectivity index (χ0v) is 12.6. The predicted molar refractivity (Wildman–Crippen MR) is 74.6 cm³/mol. The van der Waals surface area contributed by atoms with E-state index in [4.69, 9.17) is 0 Å². The SMILES string of the molecule is CCNCCCNC(=O)c1cc(C(F)(F)F)ccc1Br. The van der Waals surface area contributed by atoms with Gasteiger partial charge in [-0.15, -0.1) is 0 Å². The summed E-state index contributed by atoms with van der Waals surface area (Å²) in [5.74, 6) is -0.514. The summed E-state index contributed by atoms with van der Waals surface area (Å²) in [5, 5.41) is 5.69. The van der Waals surface area contributed by atoms with E-state index in [0.717, 1.165) is 31.6 Å². The molecule has 0 saturated heterocycles. The number of halogens is 4. The van der Waals surface area contributed by atoms with Crippen LogP contribution in [0.3, 0.4) is 0 Å². The quantitative estimate of drug-likeness (QED) is 0.772. The Labute approximate surface area is 124 Å². The lowest BCUT2D eigenvalue weighted by molar-refractivity contribution is -0.137. The van der Waals surface area contributed by atoms with Crippen LogP contribution in [0.25, 0.3) is 0 Å². The molecule has 0 saturated carbocycles. The lowest BCUT2D eigenvalue weighted by atomic mass is 10.1. The monoisotopic (exact) mass is 352 g/mol. The second-order valence-electron chi connectivity index (χ2n) is 4.16. The number of carbonyl (C=O) groups excluding carboxylic acids is 1. The molecule has 1 rings (SSSR count). The van der Waals surface area contributed by atoms with E-state index in [2.05, 4.69) is 26.6 Å². The highest BCUT2D eigenvalue weighted by molar-refractivity contribution is 9.10. The Bertz CT molecular complexity index is 463. The molecule has 20 heavy (non-hydrogen) atoms. The first-order valence-electron chi connectivity index (χ1n) is 6.22. The van der Waals surface area contributed by atoms with Crippen molar-refractivity contribution in [2.75, 3.05) is 19.6 Å². The lowest BCUT2D eigenvalue weighted by Crippen LogP contribution is -2.27. The van der Waals surface area contributed by atoms with Crippen molar-refractivity contribution in [3.63, 3.8) is 0 Å². The van der Waals surface area contributed by atoms with Crippen LogP contribution in [0.2, 0.25) is 0 Å². The minimum absolute atomic E-state index is 0.0109. The van der Waals surface area contributed by atoms with Crippen LogP contribution in [0.15, 0.2) is 22.7 Å². The van der Waals surface area contributed by atoms with Crippen molar-refractivity contribution < 1.29 is 18.0 Å². The molecular weight excluding hydrogens is 337 g/mol. The van der Waals surface area contributed by atoms with Crippen molar-refractivity contribution in [3.8, 4) is 0 Å². The first-order valence-corrected chi connectivity index (χ1v) is 7.01. The fourth-order valence-electron chi connectivity index (χ4n) is 1.56. The highest BCUT2D eigenvalue weighted by Crippen LogP contribution is 2.31. The zero-order valence-electron chi connectivity index (χ0n) is 11.0. The van der Waals surface area contributed by atoms with Gasteiger partial charge in [-0.1, -0.05) is 6.92 Å². The van der Waals surface area contributed by atoms with Gasteiger partial charge < -0.3 is 10.6 Å². The normalized spacial score (nSPS) is 11.4. The molecule has 0 aliphatic carbocycles. The minimum Gasteiger partial charge on any atom is -0.352 e. The van der Waals surface area contributed by atoms with E-state index in [1.165, 1.54) is 6.07 Å². The summed E-state index contributed by atoms with van der Waals surface area (Å²) in [5.41, 5.74) is -0.846. The molecule has 0 aliphatic heterocycles. The fraction of sp³-hybridized carbons (Fsp3) is 0.462. The van der Waals surface area contributed by atoms with Crippen LogP contribution in [0.4, 0.5) is 13.2 Å². The van der Waals surface area contributed by atoms with Crippen LogP contribution < -0.4 is 10.6 Å². The largest absolute Gasteiger partial charge is 0.416 e. The maximum Gasteiger partial charge on any atom is 0.416 e. The van der Waals surface area contributed by atoms with E-state index < -0.39 is 17.6 Å². The average molecular weight is 353 g/mol. The van der Waals surface area contributed by atoms with E-state index >= 15 is 0 Å². The molecule has 3 nitrogen and oxygen atoms in total. The summed E-state index contributed by atoms with van der Waals surface area (Å²) >= 11 is 3.09. The molecule has 0 bridgehead atoms. The van der Waals surface area contributed by atoms with E-state index in [1.807, 2.05) is 6.92 Å². The van der Waals surface area contributed by atoms with Gasteiger partial charge in [-0.25, -0.2) is 0 Å². The van der Waals surface area contributed by atoms with Crippen molar-refractivity contribution in [2.45, 2.75) is 19.5 Å². The number of rotatable bonds is 6. The highest BCUT2D eigenvalue weighted by Gasteiger charge is 2.31. The molecule has 0 fully saturated rings. The third-order valence-electron chi connectivity index (χ3n) is 2.60. The number of hydrogen-bond acceptors (Lipinski definition) is 2. The van der Waals surface area contributed by atoms with Crippen LogP contribution in [-0.4, -0.2) is 25.5 Å². The Morgan fingerprint density at radius 3 is 2.60 bits per heavy atom. The van der Waals surface area contributed by atoms with Crippen molar-refractivity contribution in [2.24, 2.45) is 0 Å². The highest BCUT2D eigenvalue weighted by atomic mass is 79.9. The van der Waals surface area contributed by atoms with E-state index in [-0.39, 0.29) is 5.56 Å². The molecule has 0 atom stereocenters. The molecule has 0 radical (unpaired) electrons. The first-order chi connectivity index (χ1) is 9.36. The Morgan fingerprint density at radius 2 is 2.00 bits per heavy atom. The third kappa shape index (κ3) is 5.13. The maximum absolute atomic E-state index is 12.6. The van der Waals surface area contributed by atoms with Gasteiger partial charge in [-0.3, -0.25) is 4.79 Å². The first kappa shape index (κ1) is 17.0.